The van der Waals surface area contributed by atoms with Crippen molar-refractivity contribution in [2.75, 3.05) is 12.9 Å². The number of rotatable bonds is 5. The molecule has 0 aliphatic heterocycles. The topological polar surface area (TPSA) is 61.0 Å². The van der Waals surface area contributed by atoms with Gasteiger partial charge in [-0.2, -0.15) is 0 Å². The fraction of sp³-hybridized carbons (Fsp3) is 0.273. The second kappa shape index (κ2) is 6.12. The number of hydrogen-bond acceptors (Lipinski definition) is 6. The number of benzene rings is 1. The molecule has 1 aromatic carbocycles. The molecular formula is C11H12FN3OS2. The van der Waals surface area contributed by atoms with Crippen molar-refractivity contribution in [2.45, 2.75) is 10.4 Å². The molecule has 96 valence electrons. The molecule has 0 saturated heterocycles. The zero-order valence-corrected chi connectivity index (χ0v) is 11.3. The van der Waals surface area contributed by atoms with Crippen molar-refractivity contribution >= 4 is 23.1 Å². The zero-order valence-electron chi connectivity index (χ0n) is 9.67. The van der Waals surface area contributed by atoms with Gasteiger partial charge < -0.3 is 10.5 Å². The van der Waals surface area contributed by atoms with E-state index in [4.69, 9.17) is 10.5 Å². The van der Waals surface area contributed by atoms with Crippen LogP contribution in [0.2, 0.25) is 0 Å². The third-order valence-corrected chi connectivity index (χ3v) is 4.31. The van der Waals surface area contributed by atoms with Gasteiger partial charge in [-0.3, -0.25) is 0 Å². The van der Waals surface area contributed by atoms with Crippen LogP contribution in [0.15, 0.2) is 28.0 Å². The molecule has 4 nitrogen and oxygen atoms in total. The molecule has 0 bridgehead atoms. The third-order valence-electron chi connectivity index (χ3n) is 2.33. The normalized spacial score (nSPS) is 12.4. The van der Waals surface area contributed by atoms with Crippen LogP contribution in [0, 0.1) is 5.82 Å². The van der Waals surface area contributed by atoms with Gasteiger partial charge in [0, 0.05) is 11.8 Å². The number of nitrogens with two attached hydrogens (primary N) is 1. The monoisotopic (exact) mass is 285 g/mol. The van der Waals surface area contributed by atoms with Gasteiger partial charge in [-0.15, -0.1) is 10.2 Å². The summed E-state index contributed by atoms with van der Waals surface area (Å²) in [4.78, 5) is 0. The maximum absolute atomic E-state index is 13.5. The minimum Gasteiger partial charge on any atom is -0.494 e. The Hall–Kier alpha value is -1.18. The summed E-state index contributed by atoms with van der Waals surface area (Å²) in [5, 5.41) is 7.65. The SMILES string of the molecule is COc1ccc(C(N)CSc2nncs2)cc1F. The molecule has 0 aliphatic rings. The number of halogens is 1. The number of hydrogen-bond donors (Lipinski definition) is 1. The van der Waals surface area contributed by atoms with Crippen LogP contribution >= 0.6 is 23.1 Å². The molecule has 0 aliphatic carbocycles. The Morgan fingerprint density at radius 2 is 2.39 bits per heavy atom. The highest BCUT2D eigenvalue weighted by molar-refractivity contribution is 8.01. The van der Waals surface area contributed by atoms with Crippen molar-refractivity contribution in [1.82, 2.24) is 10.2 Å². The van der Waals surface area contributed by atoms with Crippen LogP contribution in [0.1, 0.15) is 11.6 Å². The second-order valence-electron chi connectivity index (χ2n) is 3.52. The molecule has 2 N–H and O–H groups in total. The fourth-order valence-corrected chi connectivity index (χ4v) is 2.90. The first kappa shape index (κ1) is 13.3. The van der Waals surface area contributed by atoms with Crippen LogP contribution in [0.4, 0.5) is 4.39 Å². The van der Waals surface area contributed by atoms with E-state index >= 15 is 0 Å². The number of thioether (sulfide) groups is 1. The van der Waals surface area contributed by atoms with Crippen molar-refractivity contribution in [3.63, 3.8) is 0 Å². The van der Waals surface area contributed by atoms with Crippen molar-refractivity contribution in [3.8, 4) is 5.75 Å². The van der Waals surface area contributed by atoms with E-state index in [0.717, 1.165) is 9.90 Å². The molecular weight excluding hydrogens is 273 g/mol. The van der Waals surface area contributed by atoms with Gasteiger partial charge >= 0.3 is 0 Å². The molecule has 1 atom stereocenters. The predicted octanol–water partition coefficient (Wildman–Crippen LogP) is 2.48. The number of nitrogens with zero attached hydrogens (tertiary/aromatic N) is 2. The molecule has 0 spiro atoms. The van der Waals surface area contributed by atoms with Crippen LogP contribution in [0.5, 0.6) is 5.75 Å². The lowest BCUT2D eigenvalue weighted by molar-refractivity contribution is 0.386. The lowest BCUT2D eigenvalue weighted by atomic mass is 10.1. The van der Waals surface area contributed by atoms with E-state index in [9.17, 15) is 4.39 Å². The molecule has 0 radical (unpaired) electrons. The summed E-state index contributed by atoms with van der Waals surface area (Å²) >= 11 is 2.97. The predicted molar refractivity (Wildman–Crippen MR) is 70.5 cm³/mol. The Labute approximate surface area is 112 Å². The summed E-state index contributed by atoms with van der Waals surface area (Å²) in [7, 11) is 1.43. The molecule has 0 saturated carbocycles. The van der Waals surface area contributed by atoms with E-state index < -0.39 is 5.82 Å². The van der Waals surface area contributed by atoms with Crippen LogP contribution in [0.3, 0.4) is 0 Å². The highest BCUT2D eigenvalue weighted by atomic mass is 32.2. The van der Waals surface area contributed by atoms with E-state index in [1.54, 1.807) is 17.6 Å². The molecule has 1 unspecified atom stereocenters. The second-order valence-corrected chi connectivity index (χ2v) is 5.62. The van der Waals surface area contributed by atoms with Crippen molar-refractivity contribution in [2.24, 2.45) is 5.73 Å². The lowest BCUT2D eigenvalue weighted by Gasteiger charge is -2.11. The summed E-state index contributed by atoms with van der Waals surface area (Å²) in [6.07, 6.45) is 0. The first-order valence-corrected chi connectivity index (χ1v) is 7.05. The van der Waals surface area contributed by atoms with Gasteiger partial charge in [-0.1, -0.05) is 29.2 Å². The maximum atomic E-state index is 13.5. The van der Waals surface area contributed by atoms with Gasteiger partial charge in [-0.05, 0) is 17.7 Å². The maximum Gasteiger partial charge on any atom is 0.174 e. The van der Waals surface area contributed by atoms with E-state index in [0.29, 0.717) is 5.75 Å². The summed E-state index contributed by atoms with van der Waals surface area (Å²) in [5.41, 5.74) is 8.41. The molecule has 2 aromatic rings. The fourth-order valence-electron chi connectivity index (χ4n) is 1.40. The van der Waals surface area contributed by atoms with Gasteiger partial charge in [0.1, 0.15) is 5.51 Å². The van der Waals surface area contributed by atoms with Crippen LogP contribution in [-0.4, -0.2) is 23.1 Å². The largest absolute Gasteiger partial charge is 0.494 e. The molecule has 1 heterocycles. The molecule has 0 amide bonds. The first-order chi connectivity index (χ1) is 8.70. The quantitative estimate of drug-likeness (QED) is 0.855. The van der Waals surface area contributed by atoms with Gasteiger partial charge in [0.05, 0.1) is 7.11 Å². The van der Waals surface area contributed by atoms with Gasteiger partial charge in [-0.25, -0.2) is 4.39 Å². The molecule has 2 rings (SSSR count). The van der Waals surface area contributed by atoms with E-state index in [-0.39, 0.29) is 11.8 Å². The standard InChI is InChI=1S/C11H12FN3OS2/c1-16-10-3-2-7(4-8(10)12)9(13)5-17-11-15-14-6-18-11/h2-4,6,9H,5,13H2,1H3. The Bertz CT molecular complexity index is 507. The highest BCUT2D eigenvalue weighted by Gasteiger charge is 2.11. The van der Waals surface area contributed by atoms with E-state index in [1.807, 2.05) is 0 Å². The lowest BCUT2D eigenvalue weighted by Crippen LogP contribution is -2.13. The minimum absolute atomic E-state index is 0.225. The van der Waals surface area contributed by atoms with Crippen molar-refractivity contribution < 1.29 is 9.13 Å². The van der Waals surface area contributed by atoms with Gasteiger partial charge in [0.25, 0.3) is 0 Å². The average molecular weight is 285 g/mol. The molecule has 18 heavy (non-hydrogen) atoms. The number of ether oxygens (including phenoxy) is 1. The average Bonchev–Trinajstić information content (AvgIpc) is 2.89. The van der Waals surface area contributed by atoms with Gasteiger partial charge in [0.2, 0.25) is 0 Å². The summed E-state index contributed by atoms with van der Waals surface area (Å²) in [5.74, 6) is 0.454. The van der Waals surface area contributed by atoms with E-state index in [2.05, 4.69) is 10.2 Å². The Morgan fingerprint density at radius 1 is 1.56 bits per heavy atom. The first-order valence-electron chi connectivity index (χ1n) is 5.18. The number of aromatic nitrogens is 2. The van der Waals surface area contributed by atoms with E-state index in [1.165, 1.54) is 36.3 Å². The Morgan fingerprint density at radius 3 is 3.00 bits per heavy atom. The van der Waals surface area contributed by atoms with Crippen LogP contribution < -0.4 is 10.5 Å². The summed E-state index contributed by atoms with van der Waals surface area (Å²) in [6.45, 7) is 0. The molecule has 1 aromatic heterocycles. The smallest absolute Gasteiger partial charge is 0.174 e. The third kappa shape index (κ3) is 3.18. The summed E-state index contributed by atoms with van der Waals surface area (Å²) in [6, 6.07) is 4.51. The van der Waals surface area contributed by atoms with Gasteiger partial charge in [0.15, 0.2) is 15.9 Å². The zero-order chi connectivity index (χ0) is 13.0. The van der Waals surface area contributed by atoms with Crippen molar-refractivity contribution in [1.29, 1.82) is 0 Å². The molecule has 7 heteroatoms. The highest BCUT2D eigenvalue weighted by Crippen LogP contribution is 2.26. The molecule has 0 fully saturated rings. The Kier molecular flexibility index (Phi) is 4.51. The van der Waals surface area contributed by atoms with Crippen molar-refractivity contribution in [3.05, 3.63) is 35.1 Å². The minimum atomic E-state index is -0.397. The summed E-state index contributed by atoms with van der Waals surface area (Å²) < 4.78 is 19.2. The van der Waals surface area contributed by atoms with Crippen LogP contribution in [-0.2, 0) is 0 Å². The number of methoxy groups -OCH3 is 1. The Balaban J connectivity index is 2.00. The van der Waals surface area contributed by atoms with Crippen LogP contribution in [0.25, 0.3) is 0 Å².